The Morgan fingerprint density at radius 3 is 2.40 bits per heavy atom. The van der Waals surface area contributed by atoms with Crippen molar-refractivity contribution in [2.24, 2.45) is 0 Å². The highest BCUT2D eigenvalue weighted by atomic mass is 79.9. The van der Waals surface area contributed by atoms with Crippen molar-refractivity contribution in [1.29, 1.82) is 0 Å². The highest BCUT2D eigenvalue weighted by Crippen LogP contribution is 2.42. The van der Waals surface area contributed by atoms with Crippen LogP contribution < -0.4 is 5.32 Å². The van der Waals surface area contributed by atoms with Crippen LogP contribution in [-0.4, -0.2) is 22.3 Å². The molecule has 0 saturated carbocycles. The molecule has 0 aliphatic carbocycles. The summed E-state index contributed by atoms with van der Waals surface area (Å²) in [5.41, 5.74) is -3.90. The number of anilines is 1. The molecule has 1 aromatic rings. The van der Waals surface area contributed by atoms with Crippen LogP contribution in [0.2, 0.25) is 0 Å². The number of rotatable bonds is 4. The number of nitrogens with zero attached hydrogens (tertiary/aromatic N) is 1. The van der Waals surface area contributed by atoms with Gasteiger partial charge in [-0.2, -0.15) is 13.2 Å². The number of nitrogens with one attached hydrogen (secondary N) is 1. The Morgan fingerprint density at radius 1 is 1.45 bits per heavy atom. The van der Waals surface area contributed by atoms with Crippen LogP contribution in [0, 0.1) is 10.1 Å². The van der Waals surface area contributed by atoms with Gasteiger partial charge in [0.15, 0.2) is 0 Å². The SMILES string of the molecule is O=C(O)C(F)Nc1c([N+](=O)[O-])cc(Br)cc1C(F)(F)F. The van der Waals surface area contributed by atoms with Gasteiger partial charge in [-0.25, -0.2) is 9.18 Å². The van der Waals surface area contributed by atoms with Crippen molar-refractivity contribution in [3.05, 3.63) is 32.3 Å². The number of carbonyl (C=O) groups is 1. The molecule has 0 aliphatic rings. The Morgan fingerprint density at radius 2 is 2.00 bits per heavy atom. The van der Waals surface area contributed by atoms with Crippen LogP contribution in [0.15, 0.2) is 16.6 Å². The van der Waals surface area contributed by atoms with Crippen LogP contribution >= 0.6 is 15.9 Å². The van der Waals surface area contributed by atoms with Crippen molar-refractivity contribution in [3.63, 3.8) is 0 Å². The Labute approximate surface area is 116 Å². The van der Waals surface area contributed by atoms with Crippen molar-refractivity contribution in [2.45, 2.75) is 12.5 Å². The lowest BCUT2D eigenvalue weighted by Gasteiger charge is -2.15. The number of carboxylic acid groups (broad SMARTS) is 1. The van der Waals surface area contributed by atoms with Gasteiger partial charge in [-0.3, -0.25) is 10.1 Å². The van der Waals surface area contributed by atoms with Gasteiger partial charge in [-0.05, 0) is 6.07 Å². The molecule has 11 heteroatoms. The molecule has 1 rings (SSSR count). The molecule has 1 aromatic carbocycles. The molecule has 1 unspecified atom stereocenters. The van der Waals surface area contributed by atoms with Crippen LogP contribution in [0.3, 0.4) is 0 Å². The molecule has 2 N–H and O–H groups in total. The molecule has 1 atom stereocenters. The number of aliphatic carboxylic acids is 1. The molecular weight excluding hydrogens is 356 g/mol. The molecule has 0 aromatic heterocycles. The molecule has 0 bridgehead atoms. The summed E-state index contributed by atoms with van der Waals surface area (Å²) < 4.78 is 51.1. The predicted molar refractivity (Wildman–Crippen MR) is 62.0 cm³/mol. The van der Waals surface area contributed by atoms with Crippen molar-refractivity contribution < 1.29 is 32.4 Å². The standard InChI is InChI=1S/C9H5BrF4N2O4/c10-3-1-4(9(12,13)14)6(5(2-3)16(19)20)15-7(11)8(17)18/h1-2,7,15H,(H,17,18). The van der Waals surface area contributed by atoms with Crippen LogP contribution in [0.1, 0.15) is 5.56 Å². The van der Waals surface area contributed by atoms with E-state index >= 15 is 0 Å². The minimum atomic E-state index is -5.03. The van der Waals surface area contributed by atoms with E-state index in [1.165, 1.54) is 5.32 Å². The predicted octanol–water partition coefficient (Wildman–Crippen LogP) is 3.17. The Hall–Kier alpha value is -1.91. The van der Waals surface area contributed by atoms with Crippen LogP contribution in [0.4, 0.5) is 28.9 Å². The van der Waals surface area contributed by atoms with Crippen LogP contribution in [-0.2, 0) is 11.0 Å². The number of carboxylic acids is 1. The lowest BCUT2D eigenvalue weighted by molar-refractivity contribution is -0.384. The molecule has 6 nitrogen and oxygen atoms in total. The van der Waals surface area contributed by atoms with E-state index in [1.807, 2.05) is 0 Å². The van der Waals surface area contributed by atoms with Gasteiger partial charge in [0, 0.05) is 10.5 Å². The van der Waals surface area contributed by atoms with Gasteiger partial charge in [-0.1, -0.05) is 15.9 Å². The second kappa shape index (κ2) is 5.61. The zero-order valence-corrected chi connectivity index (χ0v) is 10.8. The average molecular weight is 361 g/mol. The van der Waals surface area contributed by atoms with Gasteiger partial charge in [0.2, 0.25) is 0 Å². The van der Waals surface area contributed by atoms with E-state index in [9.17, 15) is 32.5 Å². The Balaban J connectivity index is 3.50. The third kappa shape index (κ3) is 3.56. The normalized spacial score (nSPS) is 12.8. The molecular formula is C9H5BrF4N2O4. The third-order valence-electron chi connectivity index (χ3n) is 2.07. The molecule has 0 fully saturated rings. The van der Waals surface area contributed by atoms with E-state index in [1.54, 1.807) is 0 Å². The molecule has 0 heterocycles. The molecule has 20 heavy (non-hydrogen) atoms. The van der Waals surface area contributed by atoms with Gasteiger partial charge in [-0.15, -0.1) is 0 Å². The number of hydrogen-bond donors (Lipinski definition) is 2. The number of nitro groups is 1. The fourth-order valence-electron chi connectivity index (χ4n) is 1.30. The van der Waals surface area contributed by atoms with Crippen molar-refractivity contribution in [3.8, 4) is 0 Å². The first-order valence-electron chi connectivity index (χ1n) is 4.72. The second-order valence-electron chi connectivity index (χ2n) is 3.45. The minimum absolute atomic E-state index is 0.257. The lowest BCUT2D eigenvalue weighted by atomic mass is 10.1. The maximum atomic E-state index is 13.0. The van der Waals surface area contributed by atoms with E-state index in [-0.39, 0.29) is 4.47 Å². The summed E-state index contributed by atoms with van der Waals surface area (Å²) in [4.78, 5) is 19.8. The van der Waals surface area contributed by atoms with Crippen LogP contribution in [0.25, 0.3) is 0 Å². The van der Waals surface area contributed by atoms with E-state index in [0.717, 1.165) is 0 Å². The van der Waals surface area contributed by atoms with Gasteiger partial charge < -0.3 is 10.4 Å². The quantitative estimate of drug-likeness (QED) is 0.372. The largest absolute Gasteiger partial charge is 0.478 e. The molecule has 0 aliphatic heterocycles. The molecule has 0 amide bonds. The van der Waals surface area contributed by atoms with Crippen LogP contribution in [0.5, 0.6) is 0 Å². The highest BCUT2D eigenvalue weighted by Gasteiger charge is 2.38. The van der Waals surface area contributed by atoms with Crippen molar-refractivity contribution in [2.75, 3.05) is 5.32 Å². The number of nitro benzene ring substituents is 1. The molecule has 110 valence electrons. The lowest BCUT2D eigenvalue weighted by Crippen LogP contribution is -2.26. The Kier molecular flexibility index (Phi) is 4.53. The fourth-order valence-corrected chi connectivity index (χ4v) is 1.75. The molecule has 0 radical (unpaired) electrons. The maximum absolute atomic E-state index is 13.0. The van der Waals surface area contributed by atoms with E-state index in [0.29, 0.717) is 12.1 Å². The van der Waals surface area contributed by atoms with Gasteiger partial charge in [0.05, 0.1) is 10.5 Å². The summed E-state index contributed by atoms with van der Waals surface area (Å²) in [7, 11) is 0. The summed E-state index contributed by atoms with van der Waals surface area (Å²) in [6, 6.07) is 1.18. The van der Waals surface area contributed by atoms with Gasteiger partial charge in [0.1, 0.15) is 5.69 Å². The van der Waals surface area contributed by atoms with Gasteiger partial charge in [0.25, 0.3) is 12.0 Å². The first kappa shape index (κ1) is 16.1. The van der Waals surface area contributed by atoms with Crippen molar-refractivity contribution in [1.82, 2.24) is 0 Å². The number of benzene rings is 1. The number of halogens is 5. The molecule has 0 saturated heterocycles. The van der Waals surface area contributed by atoms with E-state index in [2.05, 4.69) is 15.9 Å². The minimum Gasteiger partial charge on any atom is -0.478 e. The summed E-state index contributed by atoms with van der Waals surface area (Å²) >= 11 is 2.66. The summed E-state index contributed by atoms with van der Waals surface area (Å²) in [5, 5.41) is 20.4. The summed E-state index contributed by atoms with van der Waals surface area (Å²) in [5.74, 6) is -2.10. The highest BCUT2D eigenvalue weighted by molar-refractivity contribution is 9.10. The Bertz CT molecular complexity index is 564. The fraction of sp³-hybridized carbons (Fsp3) is 0.222. The topological polar surface area (TPSA) is 92.5 Å². The second-order valence-corrected chi connectivity index (χ2v) is 4.36. The maximum Gasteiger partial charge on any atom is 0.418 e. The first-order chi connectivity index (χ1) is 9.04. The summed E-state index contributed by atoms with van der Waals surface area (Å²) in [6.45, 7) is 0. The average Bonchev–Trinajstić information content (AvgIpc) is 2.28. The monoisotopic (exact) mass is 360 g/mol. The third-order valence-corrected chi connectivity index (χ3v) is 2.53. The molecule has 0 spiro atoms. The van der Waals surface area contributed by atoms with Crippen molar-refractivity contribution >= 4 is 33.3 Å². The number of alkyl halides is 4. The summed E-state index contributed by atoms with van der Waals surface area (Å²) in [6.07, 6.45) is -7.95. The zero-order chi connectivity index (χ0) is 15.7. The zero-order valence-electron chi connectivity index (χ0n) is 9.24. The van der Waals surface area contributed by atoms with Gasteiger partial charge >= 0.3 is 12.1 Å². The smallest absolute Gasteiger partial charge is 0.418 e. The first-order valence-corrected chi connectivity index (χ1v) is 5.52. The number of hydrogen-bond acceptors (Lipinski definition) is 4. The van der Waals surface area contributed by atoms with E-state index in [4.69, 9.17) is 5.11 Å². The van der Waals surface area contributed by atoms with E-state index < -0.39 is 40.3 Å².